The monoisotopic (exact) mass is 230 g/mol. The third-order valence-corrected chi connectivity index (χ3v) is 2.45. The van der Waals surface area contributed by atoms with E-state index in [9.17, 15) is 0 Å². The molecule has 0 aliphatic heterocycles. The van der Waals surface area contributed by atoms with Crippen LogP contribution >= 0.6 is 0 Å². The third-order valence-electron chi connectivity index (χ3n) is 2.45. The van der Waals surface area contributed by atoms with Crippen molar-refractivity contribution in [3.8, 4) is 5.88 Å². The Morgan fingerprint density at radius 2 is 2.00 bits per heavy atom. The Morgan fingerprint density at radius 1 is 1.29 bits per heavy atom. The van der Waals surface area contributed by atoms with Gasteiger partial charge in [-0.15, -0.1) is 0 Å². The van der Waals surface area contributed by atoms with E-state index in [1.165, 1.54) is 0 Å². The maximum absolute atomic E-state index is 5.89. The summed E-state index contributed by atoms with van der Waals surface area (Å²) in [5, 5.41) is 1.13. The van der Waals surface area contributed by atoms with Crippen molar-refractivity contribution in [2.45, 2.75) is 26.3 Å². The summed E-state index contributed by atoms with van der Waals surface area (Å²) < 4.78 is 5.67. The Labute approximate surface area is 102 Å². The van der Waals surface area contributed by atoms with Gasteiger partial charge >= 0.3 is 0 Å². The molecule has 17 heavy (non-hydrogen) atoms. The largest absolute Gasteiger partial charge is 0.476 e. The maximum Gasteiger partial charge on any atom is 0.216 e. The highest BCUT2D eigenvalue weighted by Crippen LogP contribution is 2.21. The fourth-order valence-electron chi connectivity index (χ4n) is 1.60. The van der Waals surface area contributed by atoms with Crippen LogP contribution in [0.4, 0.5) is 0 Å². The number of pyridine rings is 1. The minimum atomic E-state index is -0.347. The third kappa shape index (κ3) is 2.94. The number of nitrogens with two attached hydrogens (primary N) is 1. The lowest BCUT2D eigenvalue weighted by atomic mass is 10.1. The number of ether oxygens (including phenoxy) is 1. The zero-order valence-corrected chi connectivity index (χ0v) is 10.5. The summed E-state index contributed by atoms with van der Waals surface area (Å²) in [6, 6.07) is 10.1. The highest BCUT2D eigenvalue weighted by molar-refractivity contribution is 5.79. The molecule has 3 heteroatoms. The summed E-state index contributed by atoms with van der Waals surface area (Å²) in [5.41, 5.74) is 7.53. The van der Waals surface area contributed by atoms with Gasteiger partial charge in [-0.1, -0.05) is 18.2 Å². The molecule has 0 radical (unpaired) electrons. The molecule has 0 aliphatic carbocycles. The fraction of sp³-hybridized carbons (Fsp3) is 0.357. The molecule has 3 nitrogen and oxygen atoms in total. The quantitative estimate of drug-likeness (QED) is 0.881. The maximum atomic E-state index is 5.89. The lowest BCUT2D eigenvalue weighted by molar-refractivity contribution is 0.234. The molecule has 1 heterocycles. The molecule has 0 fully saturated rings. The van der Waals surface area contributed by atoms with Crippen LogP contribution in [0.25, 0.3) is 10.9 Å². The summed E-state index contributed by atoms with van der Waals surface area (Å²) in [6.07, 6.45) is 0. The van der Waals surface area contributed by atoms with Gasteiger partial charge in [0.1, 0.15) is 6.61 Å². The highest BCUT2D eigenvalue weighted by atomic mass is 16.5. The summed E-state index contributed by atoms with van der Waals surface area (Å²) in [6.45, 7) is 6.32. The Kier molecular flexibility index (Phi) is 3.03. The van der Waals surface area contributed by atoms with Crippen LogP contribution in [0, 0.1) is 6.92 Å². The van der Waals surface area contributed by atoms with Crippen molar-refractivity contribution in [2.24, 2.45) is 5.73 Å². The van der Waals surface area contributed by atoms with Gasteiger partial charge in [-0.05, 0) is 32.9 Å². The highest BCUT2D eigenvalue weighted by Gasteiger charge is 2.13. The fourth-order valence-corrected chi connectivity index (χ4v) is 1.60. The molecule has 1 aromatic carbocycles. The molecule has 2 rings (SSSR count). The second-order valence-electron chi connectivity index (χ2n) is 5.08. The molecule has 0 unspecified atom stereocenters. The Bertz CT molecular complexity index is 529. The molecule has 1 aromatic heterocycles. The molecule has 2 aromatic rings. The van der Waals surface area contributed by atoms with E-state index in [1.807, 2.05) is 45.0 Å². The number of aryl methyl sites for hydroxylation is 1. The van der Waals surface area contributed by atoms with Crippen LogP contribution in [-0.2, 0) is 0 Å². The van der Waals surface area contributed by atoms with E-state index in [0.717, 1.165) is 16.5 Å². The van der Waals surface area contributed by atoms with Gasteiger partial charge in [-0.25, -0.2) is 4.98 Å². The van der Waals surface area contributed by atoms with Gasteiger partial charge in [0, 0.05) is 16.5 Å². The zero-order chi connectivity index (χ0) is 12.5. The molecule has 0 saturated carbocycles. The second-order valence-corrected chi connectivity index (χ2v) is 5.08. The molecule has 0 amide bonds. The topological polar surface area (TPSA) is 48.1 Å². The van der Waals surface area contributed by atoms with Crippen molar-refractivity contribution in [1.29, 1.82) is 0 Å². The van der Waals surface area contributed by atoms with Gasteiger partial charge in [0.25, 0.3) is 0 Å². The summed E-state index contributed by atoms with van der Waals surface area (Å²) in [4.78, 5) is 4.50. The standard InChI is InChI=1S/C14H18N2O/c1-10-8-11-6-4-5-7-12(11)16-13(10)17-9-14(2,3)15/h4-8H,9,15H2,1-3H3. The molecular formula is C14H18N2O. The molecule has 2 N–H and O–H groups in total. The van der Waals surface area contributed by atoms with Crippen LogP contribution in [-0.4, -0.2) is 17.1 Å². The van der Waals surface area contributed by atoms with Crippen LogP contribution in [0.1, 0.15) is 19.4 Å². The Balaban J connectivity index is 2.31. The molecule has 0 bridgehead atoms. The van der Waals surface area contributed by atoms with Crippen LogP contribution in [0.2, 0.25) is 0 Å². The van der Waals surface area contributed by atoms with Gasteiger partial charge in [-0.3, -0.25) is 0 Å². The van der Waals surface area contributed by atoms with Crippen LogP contribution in [0.5, 0.6) is 5.88 Å². The van der Waals surface area contributed by atoms with Gasteiger partial charge < -0.3 is 10.5 Å². The zero-order valence-electron chi connectivity index (χ0n) is 10.5. The van der Waals surface area contributed by atoms with E-state index in [-0.39, 0.29) is 5.54 Å². The first-order valence-electron chi connectivity index (χ1n) is 5.74. The van der Waals surface area contributed by atoms with Gasteiger partial charge in [0.2, 0.25) is 5.88 Å². The molecule has 0 spiro atoms. The summed E-state index contributed by atoms with van der Waals surface area (Å²) in [5.74, 6) is 0.669. The first-order valence-corrected chi connectivity index (χ1v) is 5.74. The van der Waals surface area contributed by atoms with Crippen molar-refractivity contribution in [1.82, 2.24) is 4.98 Å². The van der Waals surface area contributed by atoms with Gasteiger partial charge in [0.15, 0.2) is 0 Å². The SMILES string of the molecule is Cc1cc2ccccc2nc1OCC(C)(C)N. The number of fused-ring (bicyclic) bond motifs is 1. The normalized spacial score (nSPS) is 11.8. The van der Waals surface area contributed by atoms with Crippen LogP contribution in [0.15, 0.2) is 30.3 Å². The number of rotatable bonds is 3. The molecule has 90 valence electrons. The summed E-state index contributed by atoms with van der Waals surface area (Å²) in [7, 11) is 0. The van der Waals surface area contributed by atoms with Crippen molar-refractivity contribution >= 4 is 10.9 Å². The minimum absolute atomic E-state index is 0.347. The molecular weight excluding hydrogens is 212 g/mol. The second kappa shape index (κ2) is 4.34. The van der Waals surface area contributed by atoms with Crippen molar-refractivity contribution in [2.75, 3.05) is 6.61 Å². The lowest BCUT2D eigenvalue weighted by Gasteiger charge is -2.19. The number of hydrogen-bond donors (Lipinski definition) is 1. The Hall–Kier alpha value is -1.61. The van der Waals surface area contributed by atoms with Crippen LogP contribution < -0.4 is 10.5 Å². The van der Waals surface area contributed by atoms with Gasteiger partial charge in [-0.2, -0.15) is 0 Å². The molecule has 0 aliphatic rings. The van der Waals surface area contributed by atoms with E-state index in [0.29, 0.717) is 12.5 Å². The lowest BCUT2D eigenvalue weighted by Crippen LogP contribution is -2.38. The van der Waals surface area contributed by atoms with E-state index in [4.69, 9.17) is 10.5 Å². The smallest absolute Gasteiger partial charge is 0.216 e. The van der Waals surface area contributed by atoms with Crippen molar-refractivity contribution in [3.05, 3.63) is 35.9 Å². The average molecular weight is 230 g/mol. The molecule has 0 atom stereocenters. The number of aromatic nitrogens is 1. The van der Waals surface area contributed by atoms with Crippen molar-refractivity contribution < 1.29 is 4.74 Å². The number of para-hydroxylation sites is 1. The first-order chi connectivity index (χ1) is 7.96. The molecule has 0 saturated heterocycles. The number of benzene rings is 1. The van der Waals surface area contributed by atoms with E-state index >= 15 is 0 Å². The number of hydrogen-bond acceptors (Lipinski definition) is 3. The first kappa shape index (κ1) is 11.9. The average Bonchev–Trinajstić information content (AvgIpc) is 2.25. The van der Waals surface area contributed by atoms with E-state index in [2.05, 4.69) is 11.1 Å². The van der Waals surface area contributed by atoms with Crippen molar-refractivity contribution in [3.63, 3.8) is 0 Å². The predicted molar refractivity (Wildman–Crippen MR) is 70.2 cm³/mol. The summed E-state index contributed by atoms with van der Waals surface area (Å²) >= 11 is 0. The Morgan fingerprint density at radius 3 is 2.71 bits per heavy atom. The number of nitrogens with zero attached hydrogens (tertiary/aromatic N) is 1. The van der Waals surface area contributed by atoms with E-state index < -0.39 is 0 Å². The van der Waals surface area contributed by atoms with E-state index in [1.54, 1.807) is 0 Å². The van der Waals surface area contributed by atoms with Crippen LogP contribution in [0.3, 0.4) is 0 Å². The van der Waals surface area contributed by atoms with Gasteiger partial charge in [0.05, 0.1) is 5.52 Å². The predicted octanol–water partition coefficient (Wildman–Crippen LogP) is 2.66. The minimum Gasteiger partial charge on any atom is -0.476 e.